The Morgan fingerprint density at radius 2 is 1.75 bits per heavy atom. The number of carbonyl (C=O) groups is 1. The molecule has 4 heteroatoms. The highest BCUT2D eigenvalue weighted by atomic mass is 32.1. The van der Waals surface area contributed by atoms with Crippen molar-refractivity contribution < 1.29 is 4.79 Å². The van der Waals surface area contributed by atoms with Gasteiger partial charge in [-0.25, -0.2) is 0 Å². The molecule has 2 atom stereocenters. The zero-order chi connectivity index (χ0) is 14.7. The van der Waals surface area contributed by atoms with Gasteiger partial charge >= 0.3 is 0 Å². The summed E-state index contributed by atoms with van der Waals surface area (Å²) in [6.07, 6.45) is 4.81. The number of rotatable bonds is 3. The lowest BCUT2D eigenvalue weighted by atomic mass is 9.85. The molecule has 1 amide bonds. The van der Waals surface area contributed by atoms with Crippen molar-refractivity contribution in [2.75, 3.05) is 7.05 Å². The molecule has 108 valence electrons. The predicted octanol–water partition coefficient (Wildman–Crippen LogP) is 2.97. The van der Waals surface area contributed by atoms with Crippen molar-refractivity contribution in [3.63, 3.8) is 0 Å². The van der Waals surface area contributed by atoms with Gasteiger partial charge in [-0.2, -0.15) is 0 Å². The fraction of sp³-hybridized carbons (Fsp3) is 0.500. The highest BCUT2D eigenvalue weighted by Gasteiger charge is 2.28. The van der Waals surface area contributed by atoms with E-state index in [-0.39, 0.29) is 5.91 Å². The number of nitrogens with zero attached hydrogens (tertiary/aromatic N) is 1. The predicted molar refractivity (Wildman–Crippen MR) is 85.8 cm³/mol. The minimum atomic E-state index is 0.0817. The van der Waals surface area contributed by atoms with Crippen molar-refractivity contribution in [3.05, 3.63) is 35.4 Å². The van der Waals surface area contributed by atoms with E-state index < -0.39 is 0 Å². The zero-order valence-corrected chi connectivity index (χ0v) is 13.0. The molecular formula is C16H22N2OS. The maximum absolute atomic E-state index is 12.5. The Balaban J connectivity index is 2.11. The Labute approximate surface area is 126 Å². The maximum Gasteiger partial charge on any atom is 0.253 e. The van der Waals surface area contributed by atoms with Gasteiger partial charge < -0.3 is 10.6 Å². The zero-order valence-electron chi connectivity index (χ0n) is 12.1. The number of benzene rings is 1. The van der Waals surface area contributed by atoms with E-state index in [9.17, 15) is 4.79 Å². The van der Waals surface area contributed by atoms with Crippen LogP contribution in [0, 0.1) is 5.92 Å². The second kappa shape index (κ2) is 6.35. The van der Waals surface area contributed by atoms with Gasteiger partial charge in [-0.3, -0.25) is 4.79 Å². The van der Waals surface area contributed by atoms with Crippen LogP contribution in [0.25, 0.3) is 0 Å². The van der Waals surface area contributed by atoms with Crippen molar-refractivity contribution in [2.45, 2.75) is 38.6 Å². The molecule has 20 heavy (non-hydrogen) atoms. The Kier molecular flexibility index (Phi) is 4.76. The molecule has 0 aliphatic heterocycles. The van der Waals surface area contributed by atoms with Crippen molar-refractivity contribution in [1.82, 2.24) is 4.90 Å². The molecule has 1 saturated carbocycles. The van der Waals surface area contributed by atoms with E-state index in [0.717, 1.165) is 12.0 Å². The van der Waals surface area contributed by atoms with Crippen LogP contribution in [-0.4, -0.2) is 28.9 Å². The topological polar surface area (TPSA) is 46.3 Å². The molecule has 1 aliphatic carbocycles. The second-order valence-corrected chi connectivity index (χ2v) is 6.13. The van der Waals surface area contributed by atoms with Crippen molar-refractivity contribution in [2.24, 2.45) is 11.7 Å². The Morgan fingerprint density at radius 1 is 1.20 bits per heavy atom. The van der Waals surface area contributed by atoms with Crippen LogP contribution in [0.1, 0.15) is 48.5 Å². The summed E-state index contributed by atoms with van der Waals surface area (Å²) in [5.74, 6) is 0.659. The number of thiocarbonyl (C=S) groups is 1. The second-order valence-electron chi connectivity index (χ2n) is 5.69. The number of hydrogen-bond donors (Lipinski definition) is 1. The minimum absolute atomic E-state index is 0.0817. The molecule has 0 heterocycles. The van der Waals surface area contributed by atoms with Gasteiger partial charge in [0.15, 0.2) is 0 Å². The van der Waals surface area contributed by atoms with Crippen molar-refractivity contribution in [1.29, 1.82) is 0 Å². The molecular weight excluding hydrogens is 268 g/mol. The SMILES string of the molecule is CC1CCCCC1N(C)C(=O)c1ccc(C(N)=S)cc1. The summed E-state index contributed by atoms with van der Waals surface area (Å²) in [5, 5.41) is 0. The van der Waals surface area contributed by atoms with Gasteiger partial charge in [-0.05, 0) is 30.9 Å². The highest BCUT2D eigenvalue weighted by Crippen LogP contribution is 2.28. The molecule has 3 nitrogen and oxygen atoms in total. The first-order valence-electron chi connectivity index (χ1n) is 7.17. The summed E-state index contributed by atoms with van der Waals surface area (Å²) >= 11 is 4.92. The van der Waals surface area contributed by atoms with Crippen LogP contribution < -0.4 is 5.73 Å². The molecule has 1 aromatic carbocycles. The third-order valence-corrected chi connectivity index (χ3v) is 4.54. The van der Waals surface area contributed by atoms with Gasteiger partial charge in [-0.1, -0.05) is 44.1 Å². The fourth-order valence-corrected chi connectivity index (χ4v) is 3.14. The molecule has 0 radical (unpaired) electrons. The molecule has 0 bridgehead atoms. The van der Waals surface area contributed by atoms with Gasteiger partial charge in [0.2, 0.25) is 0 Å². The lowest BCUT2D eigenvalue weighted by Gasteiger charge is -2.36. The molecule has 2 rings (SSSR count). The summed E-state index contributed by atoms with van der Waals surface area (Å²) in [4.78, 5) is 14.8. The molecule has 2 N–H and O–H groups in total. The van der Waals surface area contributed by atoms with Gasteiger partial charge in [0.25, 0.3) is 5.91 Å². The Hall–Kier alpha value is -1.42. The van der Waals surface area contributed by atoms with E-state index in [2.05, 4.69) is 6.92 Å². The number of hydrogen-bond acceptors (Lipinski definition) is 2. The molecule has 2 unspecified atom stereocenters. The summed E-state index contributed by atoms with van der Waals surface area (Å²) in [6.45, 7) is 2.24. The van der Waals surface area contributed by atoms with E-state index in [4.69, 9.17) is 18.0 Å². The summed E-state index contributed by atoms with van der Waals surface area (Å²) in [5.41, 5.74) is 7.07. The van der Waals surface area contributed by atoms with Crippen molar-refractivity contribution >= 4 is 23.1 Å². The molecule has 1 aliphatic rings. The smallest absolute Gasteiger partial charge is 0.253 e. The van der Waals surface area contributed by atoms with Gasteiger partial charge in [-0.15, -0.1) is 0 Å². The molecule has 0 aromatic heterocycles. The van der Waals surface area contributed by atoms with E-state index in [0.29, 0.717) is 22.5 Å². The monoisotopic (exact) mass is 290 g/mol. The lowest BCUT2D eigenvalue weighted by Crippen LogP contribution is -2.42. The standard InChI is InChI=1S/C16H22N2OS/c1-11-5-3-4-6-14(11)18(2)16(19)13-9-7-12(8-10-13)15(17)20/h7-11,14H,3-6H2,1-2H3,(H2,17,20). The van der Waals surface area contributed by atoms with Crippen LogP contribution in [0.4, 0.5) is 0 Å². The molecule has 0 saturated heterocycles. The summed E-state index contributed by atoms with van der Waals surface area (Å²) in [7, 11) is 1.91. The van der Waals surface area contributed by atoms with Crippen molar-refractivity contribution in [3.8, 4) is 0 Å². The lowest BCUT2D eigenvalue weighted by molar-refractivity contribution is 0.0629. The van der Waals surface area contributed by atoms with Crippen LogP contribution in [-0.2, 0) is 0 Å². The largest absolute Gasteiger partial charge is 0.389 e. The van der Waals surface area contributed by atoms with Gasteiger partial charge in [0, 0.05) is 24.2 Å². The maximum atomic E-state index is 12.5. The minimum Gasteiger partial charge on any atom is -0.389 e. The molecule has 1 aromatic rings. The molecule has 1 fully saturated rings. The third-order valence-electron chi connectivity index (χ3n) is 4.30. The van der Waals surface area contributed by atoms with Crippen LogP contribution in [0.5, 0.6) is 0 Å². The quantitative estimate of drug-likeness (QED) is 0.871. The molecule has 0 spiro atoms. The van der Waals surface area contributed by atoms with Crippen LogP contribution in [0.15, 0.2) is 24.3 Å². The van der Waals surface area contributed by atoms with Crippen LogP contribution in [0.3, 0.4) is 0 Å². The first kappa shape index (κ1) is 15.0. The van der Waals surface area contributed by atoms with Gasteiger partial charge in [0.1, 0.15) is 4.99 Å². The summed E-state index contributed by atoms with van der Waals surface area (Å²) in [6, 6.07) is 7.59. The average Bonchev–Trinajstić information content (AvgIpc) is 2.46. The number of nitrogens with two attached hydrogens (primary N) is 1. The average molecular weight is 290 g/mol. The van der Waals surface area contributed by atoms with E-state index >= 15 is 0 Å². The summed E-state index contributed by atoms with van der Waals surface area (Å²) < 4.78 is 0. The first-order chi connectivity index (χ1) is 9.50. The third kappa shape index (κ3) is 3.18. The Bertz CT molecular complexity index is 498. The number of amides is 1. The van der Waals surface area contributed by atoms with E-state index in [1.165, 1.54) is 19.3 Å². The normalized spacial score (nSPS) is 22.3. The Morgan fingerprint density at radius 3 is 2.30 bits per heavy atom. The van der Waals surface area contributed by atoms with Crippen LogP contribution >= 0.6 is 12.2 Å². The van der Waals surface area contributed by atoms with E-state index in [1.807, 2.05) is 24.1 Å². The first-order valence-corrected chi connectivity index (χ1v) is 7.58. The van der Waals surface area contributed by atoms with E-state index in [1.54, 1.807) is 12.1 Å². The fourth-order valence-electron chi connectivity index (χ4n) is 3.00. The number of carbonyl (C=O) groups excluding carboxylic acids is 1. The van der Waals surface area contributed by atoms with Gasteiger partial charge in [0.05, 0.1) is 0 Å². The highest BCUT2D eigenvalue weighted by molar-refractivity contribution is 7.80. The van der Waals surface area contributed by atoms with Crippen LogP contribution in [0.2, 0.25) is 0 Å².